The predicted octanol–water partition coefficient (Wildman–Crippen LogP) is 1.77. The number of nitrogens with zero attached hydrogens (tertiary/aromatic N) is 2. The summed E-state index contributed by atoms with van der Waals surface area (Å²) in [5.41, 5.74) is 1.06. The van der Waals surface area contributed by atoms with Gasteiger partial charge in [0.2, 0.25) is 0 Å². The van der Waals surface area contributed by atoms with Crippen molar-refractivity contribution in [2.24, 2.45) is 5.84 Å². The Bertz CT molecular complexity index is 267. The van der Waals surface area contributed by atoms with Gasteiger partial charge >= 0.3 is 0 Å². The van der Waals surface area contributed by atoms with E-state index in [0.717, 1.165) is 18.8 Å². The molecule has 0 aliphatic carbocycles. The Balaban J connectivity index is 2.03. The van der Waals surface area contributed by atoms with E-state index >= 15 is 0 Å². The monoisotopic (exact) mass is 191 g/mol. The molecule has 1 aromatic rings. The van der Waals surface area contributed by atoms with Crippen LogP contribution in [0.25, 0.3) is 0 Å². The highest BCUT2D eigenvalue weighted by atomic mass is 15.7. The van der Waals surface area contributed by atoms with E-state index in [1.54, 1.807) is 5.12 Å². The summed E-state index contributed by atoms with van der Waals surface area (Å²) in [7, 11) is 0. The molecule has 0 unspecified atom stereocenters. The molecular weight excluding hydrogens is 174 g/mol. The van der Waals surface area contributed by atoms with Crippen LogP contribution in [0.4, 0.5) is 5.69 Å². The maximum atomic E-state index is 6.03. The zero-order valence-corrected chi connectivity index (χ0v) is 8.39. The molecule has 1 aromatic carbocycles. The van der Waals surface area contributed by atoms with Crippen LogP contribution in [0.1, 0.15) is 19.3 Å². The van der Waals surface area contributed by atoms with Gasteiger partial charge in [0.05, 0.1) is 5.69 Å². The first kappa shape index (κ1) is 9.49. The fourth-order valence-corrected chi connectivity index (χ4v) is 1.84. The van der Waals surface area contributed by atoms with Crippen LogP contribution < -0.4 is 11.0 Å². The number of hydrazine groups is 2. The zero-order chi connectivity index (χ0) is 9.80. The molecule has 1 fully saturated rings. The predicted molar refractivity (Wildman–Crippen MR) is 58.5 cm³/mol. The summed E-state index contributed by atoms with van der Waals surface area (Å²) in [6.45, 7) is 2.15. The number of piperidine rings is 1. The second-order valence-corrected chi connectivity index (χ2v) is 3.69. The molecule has 1 heterocycles. The lowest BCUT2D eigenvalue weighted by Crippen LogP contribution is -2.50. The third kappa shape index (κ3) is 2.05. The minimum Gasteiger partial charge on any atom is -0.242 e. The lowest BCUT2D eigenvalue weighted by Gasteiger charge is -2.35. The van der Waals surface area contributed by atoms with Crippen molar-refractivity contribution in [3.8, 4) is 0 Å². The van der Waals surface area contributed by atoms with Crippen molar-refractivity contribution >= 4 is 5.69 Å². The van der Waals surface area contributed by atoms with Crippen LogP contribution in [-0.4, -0.2) is 18.1 Å². The lowest BCUT2D eigenvalue weighted by molar-refractivity contribution is 0.209. The van der Waals surface area contributed by atoms with Crippen LogP contribution >= 0.6 is 0 Å². The average molecular weight is 191 g/mol. The number of hydrogen-bond acceptors (Lipinski definition) is 3. The van der Waals surface area contributed by atoms with E-state index in [1.165, 1.54) is 19.3 Å². The van der Waals surface area contributed by atoms with Crippen molar-refractivity contribution in [2.75, 3.05) is 18.2 Å². The summed E-state index contributed by atoms with van der Waals surface area (Å²) in [4.78, 5) is 0. The summed E-state index contributed by atoms with van der Waals surface area (Å²) in [5.74, 6) is 6.03. The van der Waals surface area contributed by atoms with Crippen LogP contribution in [0.5, 0.6) is 0 Å². The largest absolute Gasteiger partial charge is 0.242 e. The van der Waals surface area contributed by atoms with Gasteiger partial charge in [-0.1, -0.05) is 24.6 Å². The van der Waals surface area contributed by atoms with Gasteiger partial charge in [0.25, 0.3) is 0 Å². The molecule has 1 aliphatic heterocycles. The molecule has 3 heteroatoms. The molecule has 14 heavy (non-hydrogen) atoms. The van der Waals surface area contributed by atoms with Gasteiger partial charge in [0.15, 0.2) is 0 Å². The van der Waals surface area contributed by atoms with Crippen LogP contribution in [-0.2, 0) is 0 Å². The van der Waals surface area contributed by atoms with Gasteiger partial charge in [-0.2, -0.15) is 0 Å². The first-order valence-electron chi connectivity index (χ1n) is 5.22. The van der Waals surface area contributed by atoms with E-state index < -0.39 is 0 Å². The Kier molecular flexibility index (Phi) is 3.01. The van der Waals surface area contributed by atoms with E-state index in [-0.39, 0.29) is 0 Å². The number of benzene rings is 1. The van der Waals surface area contributed by atoms with Gasteiger partial charge in [-0.05, 0) is 25.0 Å². The van der Waals surface area contributed by atoms with Gasteiger partial charge in [0.1, 0.15) is 0 Å². The van der Waals surface area contributed by atoms with Gasteiger partial charge < -0.3 is 0 Å². The minimum absolute atomic E-state index is 1.06. The van der Waals surface area contributed by atoms with E-state index in [2.05, 4.69) is 5.01 Å². The molecule has 2 N–H and O–H groups in total. The van der Waals surface area contributed by atoms with E-state index in [0.29, 0.717) is 0 Å². The molecule has 0 bridgehead atoms. The van der Waals surface area contributed by atoms with Gasteiger partial charge in [0, 0.05) is 13.1 Å². The molecule has 1 saturated heterocycles. The molecule has 0 aromatic heterocycles. The first-order valence-corrected chi connectivity index (χ1v) is 5.22. The fourth-order valence-electron chi connectivity index (χ4n) is 1.84. The smallest absolute Gasteiger partial charge is 0.0702 e. The standard InChI is InChI=1S/C11H17N3/c12-14(11-7-3-1-4-8-11)13-9-5-2-6-10-13/h1,3-4,7-8H,2,5-6,9-10,12H2. The Hall–Kier alpha value is -1.06. The fraction of sp³-hybridized carbons (Fsp3) is 0.455. The maximum absolute atomic E-state index is 6.03. The summed E-state index contributed by atoms with van der Waals surface area (Å²) < 4.78 is 0. The number of hydrogen-bond donors (Lipinski definition) is 1. The number of rotatable bonds is 2. The molecular formula is C11H17N3. The zero-order valence-electron chi connectivity index (χ0n) is 8.39. The van der Waals surface area contributed by atoms with Crippen LogP contribution in [0.2, 0.25) is 0 Å². The highest BCUT2D eigenvalue weighted by Gasteiger charge is 2.15. The highest BCUT2D eigenvalue weighted by molar-refractivity contribution is 5.43. The average Bonchev–Trinajstić information content (AvgIpc) is 2.30. The van der Waals surface area contributed by atoms with Crippen molar-refractivity contribution < 1.29 is 0 Å². The van der Waals surface area contributed by atoms with Crippen molar-refractivity contribution in [1.82, 2.24) is 5.01 Å². The SMILES string of the molecule is NN(c1ccccc1)N1CCCCC1. The van der Waals surface area contributed by atoms with E-state index in [9.17, 15) is 0 Å². The van der Waals surface area contributed by atoms with Crippen molar-refractivity contribution in [3.63, 3.8) is 0 Å². The third-order valence-corrected chi connectivity index (χ3v) is 2.66. The summed E-state index contributed by atoms with van der Waals surface area (Å²) in [6.07, 6.45) is 3.83. The summed E-state index contributed by atoms with van der Waals surface area (Å²) in [5, 5.41) is 3.98. The molecule has 1 aliphatic rings. The quantitative estimate of drug-likeness (QED) is 0.571. The number of para-hydroxylation sites is 1. The summed E-state index contributed by atoms with van der Waals surface area (Å²) >= 11 is 0. The van der Waals surface area contributed by atoms with Crippen molar-refractivity contribution in [1.29, 1.82) is 0 Å². The lowest BCUT2D eigenvalue weighted by atomic mass is 10.2. The number of anilines is 1. The minimum atomic E-state index is 1.06. The molecule has 0 atom stereocenters. The Morgan fingerprint density at radius 1 is 1.00 bits per heavy atom. The first-order chi connectivity index (χ1) is 6.88. The van der Waals surface area contributed by atoms with Crippen molar-refractivity contribution in [3.05, 3.63) is 30.3 Å². The maximum Gasteiger partial charge on any atom is 0.0702 e. The van der Waals surface area contributed by atoms with Gasteiger partial charge in [-0.3, -0.25) is 0 Å². The molecule has 3 nitrogen and oxygen atoms in total. The second kappa shape index (κ2) is 4.44. The third-order valence-electron chi connectivity index (χ3n) is 2.66. The topological polar surface area (TPSA) is 32.5 Å². The van der Waals surface area contributed by atoms with Crippen LogP contribution in [0.15, 0.2) is 30.3 Å². The van der Waals surface area contributed by atoms with Gasteiger partial charge in [-0.25, -0.2) is 16.0 Å². The van der Waals surface area contributed by atoms with E-state index in [4.69, 9.17) is 5.84 Å². The van der Waals surface area contributed by atoms with E-state index in [1.807, 2.05) is 30.3 Å². The van der Waals surface area contributed by atoms with Gasteiger partial charge in [-0.15, -0.1) is 0 Å². The summed E-state index contributed by atoms with van der Waals surface area (Å²) in [6, 6.07) is 10.1. The molecule has 76 valence electrons. The molecule has 0 amide bonds. The molecule has 0 radical (unpaired) electrons. The second-order valence-electron chi connectivity index (χ2n) is 3.69. The highest BCUT2D eigenvalue weighted by Crippen LogP contribution is 2.16. The normalized spacial score (nSPS) is 18.1. The molecule has 2 rings (SSSR count). The molecule has 0 spiro atoms. The van der Waals surface area contributed by atoms with Crippen LogP contribution in [0.3, 0.4) is 0 Å². The Morgan fingerprint density at radius 3 is 2.29 bits per heavy atom. The molecule has 0 saturated carbocycles. The van der Waals surface area contributed by atoms with Crippen LogP contribution in [0, 0.1) is 0 Å². The Labute approximate surface area is 85.1 Å². The number of nitrogens with two attached hydrogens (primary N) is 1. The van der Waals surface area contributed by atoms with Crippen molar-refractivity contribution in [2.45, 2.75) is 19.3 Å². The Morgan fingerprint density at radius 2 is 1.64 bits per heavy atom.